The smallest absolute Gasteiger partial charge is 0.257 e. The number of hydrogen-bond donors (Lipinski definition) is 2. The van der Waals surface area contributed by atoms with Crippen molar-refractivity contribution in [2.24, 2.45) is 0 Å². The number of anilines is 1. The van der Waals surface area contributed by atoms with Gasteiger partial charge in [-0.3, -0.25) is 9.59 Å². The van der Waals surface area contributed by atoms with E-state index >= 15 is 0 Å². The molecule has 0 bridgehead atoms. The Morgan fingerprint density at radius 2 is 2.14 bits per heavy atom. The molecule has 3 rings (SSSR count). The Balaban J connectivity index is 2.22. The molecule has 2 heterocycles. The highest BCUT2D eigenvalue weighted by atomic mass is 32.2. The number of carbonyl (C=O) groups excluding carboxylic acids is 1. The molecule has 0 saturated heterocycles. The summed E-state index contributed by atoms with van der Waals surface area (Å²) in [5.41, 5.74) is 0.789. The normalized spacial score (nSPS) is 17.0. The Kier molecular flexibility index (Phi) is 3.74. The lowest BCUT2D eigenvalue weighted by molar-refractivity contribution is -0.116. The van der Waals surface area contributed by atoms with Gasteiger partial charge in [0.2, 0.25) is 5.91 Å². The third-order valence-electron chi connectivity index (χ3n) is 3.72. The predicted molar refractivity (Wildman–Crippen MR) is 82.9 cm³/mol. The minimum atomic E-state index is -0.629. The number of halogens is 1. The maximum absolute atomic E-state index is 14.4. The quantitative estimate of drug-likeness (QED) is 0.658. The van der Waals surface area contributed by atoms with Gasteiger partial charge in [-0.05, 0) is 24.3 Å². The van der Waals surface area contributed by atoms with Gasteiger partial charge in [0.1, 0.15) is 11.6 Å². The van der Waals surface area contributed by atoms with Crippen LogP contribution in [0.3, 0.4) is 0 Å². The first-order valence-corrected chi connectivity index (χ1v) is 7.96. The molecule has 1 aliphatic heterocycles. The van der Waals surface area contributed by atoms with E-state index in [4.69, 9.17) is 0 Å². The van der Waals surface area contributed by atoms with Crippen LogP contribution in [0.5, 0.6) is 0 Å². The van der Waals surface area contributed by atoms with Gasteiger partial charge < -0.3 is 10.3 Å². The molecule has 0 aliphatic carbocycles. The van der Waals surface area contributed by atoms with Gasteiger partial charge >= 0.3 is 0 Å². The summed E-state index contributed by atoms with van der Waals surface area (Å²) < 4.78 is 14.4. The molecule has 5 nitrogen and oxygen atoms in total. The second-order valence-corrected chi connectivity index (χ2v) is 5.92. The maximum Gasteiger partial charge on any atom is 0.257 e. The lowest BCUT2D eigenvalue weighted by Gasteiger charge is -2.25. The Hall–Kier alpha value is -2.15. The van der Waals surface area contributed by atoms with Crippen LogP contribution in [0.4, 0.5) is 10.2 Å². The number of nitrogens with zero attached hydrogens (tertiary/aromatic N) is 1. The molecule has 2 N–H and O–H groups in total. The molecule has 114 valence electrons. The van der Waals surface area contributed by atoms with Gasteiger partial charge in [0, 0.05) is 12.3 Å². The number of aryl methyl sites for hydroxylation is 1. The Labute approximate surface area is 130 Å². The highest BCUT2D eigenvalue weighted by Gasteiger charge is 2.32. The van der Waals surface area contributed by atoms with Gasteiger partial charge in [-0.1, -0.05) is 30.0 Å². The molecular formula is C15H14FN3O2S. The third-order valence-corrected chi connectivity index (χ3v) is 4.30. The van der Waals surface area contributed by atoms with E-state index in [0.29, 0.717) is 21.8 Å². The molecule has 0 unspecified atom stereocenters. The number of nitrogens with one attached hydrogen (secondary N) is 2. The third kappa shape index (κ3) is 2.41. The van der Waals surface area contributed by atoms with Crippen molar-refractivity contribution in [2.75, 3.05) is 11.6 Å². The molecule has 1 atom stereocenters. The standard InChI is InChI=1S/C15H14FN3O2S/c1-7-4-3-5-8(12(7)16)9-6-10(20)17-13-11(9)14(21)19-15(18-13)22-2/h3-5,9H,6H2,1-2H3,(H2,17,18,19,20,21)/t9-/m1/s1. The monoisotopic (exact) mass is 319 g/mol. The largest absolute Gasteiger partial charge is 0.310 e. The summed E-state index contributed by atoms with van der Waals surface area (Å²) in [6, 6.07) is 4.98. The van der Waals surface area contributed by atoms with Gasteiger partial charge in [0.05, 0.1) is 5.56 Å². The number of hydrogen-bond acceptors (Lipinski definition) is 4. The van der Waals surface area contributed by atoms with Crippen LogP contribution in [-0.4, -0.2) is 22.1 Å². The van der Waals surface area contributed by atoms with Gasteiger partial charge in [-0.2, -0.15) is 0 Å². The summed E-state index contributed by atoms with van der Waals surface area (Å²) >= 11 is 1.27. The summed E-state index contributed by atoms with van der Waals surface area (Å²) in [5, 5.41) is 3.01. The van der Waals surface area contributed by atoms with Crippen molar-refractivity contribution < 1.29 is 9.18 Å². The molecule has 1 aliphatic rings. The fourth-order valence-electron chi connectivity index (χ4n) is 2.65. The minimum Gasteiger partial charge on any atom is -0.310 e. The van der Waals surface area contributed by atoms with Crippen molar-refractivity contribution >= 4 is 23.5 Å². The van der Waals surface area contributed by atoms with E-state index < -0.39 is 5.92 Å². The van der Waals surface area contributed by atoms with E-state index in [1.54, 1.807) is 31.4 Å². The van der Waals surface area contributed by atoms with E-state index in [0.717, 1.165) is 0 Å². The van der Waals surface area contributed by atoms with Crippen molar-refractivity contribution in [1.82, 2.24) is 9.97 Å². The second-order valence-electron chi connectivity index (χ2n) is 5.12. The molecule has 0 radical (unpaired) electrons. The van der Waals surface area contributed by atoms with Crippen molar-refractivity contribution in [1.29, 1.82) is 0 Å². The van der Waals surface area contributed by atoms with Crippen molar-refractivity contribution in [3.05, 3.63) is 51.1 Å². The SMILES string of the molecule is CSc1nc2c(c(=O)[nH]1)[C@@H](c1cccc(C)c1F)CC(=O)N2. The molecule has 2 aromatic rings. The first kappa shape index (κ1) is 14.8. The van der Waals surface area contributed by atoms with Crippen LogP contribution in [0.2, 0.25) is 0 Å². The van der Waals surface area contributed by atoms with Crippen molar-refractivity contribution in [2.45, 2.75) is 24.4 Å². The lowest BCUT2D eigenvalue weighted by atomic mass is 9.86. The zero-order valence-electron chi connectivity index (χ0n) is 12.1. The van der Waals surface area contributed by atoms with Crippen LogP contribution >= 0.6 is 11.8 Å². The number of carbonyl (C=O) groups is 1. The number of benzene rings is 1. The predicted octanol–water partition coefficient (Wildman–Crippen LogP) is 2.41. The highest BCUT2D eigenvalue weighted by Crippen LogP contribution is 2.35. The van der Waals surface area contributed by atoms with Crippen LogP contribution in [0.1, 0.15) is 29.0 Å². The summed E-state index contributed by atoms with van der Waals surface area (Å²) in [7, 11) is 0. The molecule has 1 amide bonds. The summed E-state index contributed by atoms with van der Waals surface area (Å²) in [6.07, 6.45) is 1.80. The van der Waals surface area contributed by atoms with Crippen molar-refractivity contribution in [3.8, 4) is 0 Å². The average Bonchev–Trinajstić information content (AvgIpc) is 2.48. The Morgan fingerprint density at radius 3 is 2.86 bits per heavy atom. The van der Waals surface area contributed by atoms with Crippen LogP contribution in [-0.2, 0) is 4.79 Å². The first-order chi connectivity index (χ1) is 10.5. The van der Waals surface area contributed by atoms with Gasteiger partial charge in [-0.15, -0.1) is 0 Å². The zero-order chi connectivity index (χ0) is 15.9. The first-order valence-electron chi connectivity index (χ1n) is 6.74. The molecule has 0 fully saturated rings. The molecular weight excluding hydrogens is 305 g/mol. The number of thioether (sulfide) groups is 1. The number of H-pyrrole nitrogens is 1. The number of aromatic nitrogens is 2. The van der Waals surface area contributed by atoms with Crippen LogP contribution in [0.15, 0.2) is 28.2 Å². The fourth-order valence-corrected chi connectivity index (χ4v) is 3.03. The molecule has 0 saturated carbocycles. The summed E-state index contributed by atoms with van der Waals surface area (Å²) in [4.78, 5) is 31.2. The Bertz CT molecular complexity index is 819. The number of rotatable bonds is 2. The molecule has 7 heteroatoms. The Morgan fingerprint density at radius 1 is 1.36 bits per heavy atom. The van der Waals surface area contributed by atoms with Gasteiger partial charge in [-0.25, -0.2) is 9.37 Å². The maximum atomic E-state index is 14.4. The van der Waals surface area contributed by atoms with E-state index in [1.807, 2.05) is 0 Å². The molecule has 1 aromatic heterocycles. The van der Waals surface area contributed by atoms with Crippen molar-refractivity contribution in [3.63, 3.8) is 0 Å². The molecule has 22 heavy (non-hydrogen) atoms. The van der Waals surface area contributed by atoms with E-state index in [1.165, 1.54) is 11.8 Å². The number of amides is 1. The van der Waals surface area contributed by atoms with E-state index in [2.05, 4.69) is 15.3 Å². The van der Waals surface area contributed by atoms with E-state index in [-0.39, 0.29) is 29.5 Å². The summed E-state index contributed by atoms with van der Waals surface area (Å²) in [6.45, 7) is 1.65. The van der Waals surface area contributed by atoms with Gasteiger partial charge in [0.25, 0.3) is 5.56 Å². The van der Waals surface area contributed by atoms with Crippen LogP contribution in [0, 0.1) is 12.7 Å². The lowest BCUT2D eigenvalue weighted by Crippen LogP contribution is -2.31. The highest BCUT2D eigenvalue weighted by molar-refractivity contribution is 7.98. The summed E-state index contributed by atoms with van der Waals surface area (Å²) in [5.74, 6) is -1.07. The van der Waals surface area contributed by atoms with Crippen LogP contribution in [0.25, 0.3) is 0 Å². The van der Waals surface area contributed by atoms with Crippen LogP contribution < -0.4 is 10.9 Å². The molecule has 0 spiro atoms. The topological polar surface area (TPSA) is 74.8 Å². The number of fused-ring (bicyclic) bond motifs is 1. The van der Waals surface area contributed by atoms with Gasteiger partial charge in [0.15, 0.2) is 5.16 Å². The molecule has 1 aromatic carbocycles. The second kappa shape index (κ2) is 5.57. The minimum absolute atomic E-state index is 0.0246. The fraction of sp³-hybridized carbons (Fsp3) is 0.267. The average molecular weight is 319 g/mol. The number of aromatic amines is 1. The zero-order valence-corrected chi connectivity index (χ0v) is 12.9. The van der Waals surface area contributed by atoms with E-state index in [9.17, 15) is 14.0 Å².